The Hall–Kier alpha value is -1.26. The Balaban J connectivity index is 1.82. The minimum atomic E-state index is 0.266. The summed E-state index contributed by atoms with van der Waals surface area (Å²) in [5, 5.41) is 9.47. The van der Waals surface area contributed by atoms with Gasteiger partial charge in [-0.25, -0.2) is 0 Å². The number of hydrogen-bond acceptors (Lipinski definition) is 4. The summed E-state index contributed by atoms with van der Waals surface area (Å²) in [6, 6.07) is 5.70. The zero-order valence-corrected chi connectivity index (χ0v) is 10.6. The Kier molecular flexibility index (Phi) is 3.14. The molecular formula is C14H19NO3. The van der Waals surface area contributed by atoms with E-state index in [2.05, 4.69) is 11.8 Å². The molecule has 98 valence electrons. The molecule has 2 aliphatic heterocycles. The quantitative estimate of drug-likeness (QED) is 0.826. The van der Waals surface area contributed by atoms with Crippen molar-refractivity contribution < 1.29 is 14.6 Å². The summed E-state index contributed by atoms with van der Waals surface area (Å²) >= 11 is 0. The van der Waals surface area contributed by atoms with Gasteiger partial charge in [-0.1, -0.05) is 0 Å². The maximum absolute atomic E-state index is 9.47. The Bertz CT molecular complexity index is 435. The third-order valence-electron chi connectivity index (χ3n) is 3.68. The molecule has 2 unspecified atom stereocenters. The van der Waals surface area contributed by atoms with Crippen LogP contribution in [-0.4, -0.2) is 42.4 Å². The van der Waals surface area contributed by atoms with E-state index in [0.717, 1.165) is 31.9 Å². The number of rotatable bonds is 1. The Labute approximate surface area is 107 Å². The fourth-order valence-electron chi connectivity index (χ4n) is 2.79. The number of ether oxygens (including phenoxy) is 2. The lowest BCUT2D eigenvalue weighted by atomic mass is 10.1. The number of phenolic OH excluding ortho intramolecular Hbond substituents is 1. The second kappa shape index (κ2) is 4.78. The van der Waals surface area contributed by atoms with Crippen molar-refractivity contribution >= 4 is 0 Å². The molecule has 1 saturated heterocycles. The van der Waals surface area contributed by atoms with Gasteiger partial charge in [-0.3, -0.25) is 4.90 Å². The van der Waals surface area contributed by atoms with Crippen molar-refractivity contribution in [1.29, 1.82) is 0 Å². The van der Waals surface area contributed by atoms with Crippen molar-refractivity contribution in [2.24, 2.45) is 0 Å². The summed E-state index contributed by atoms with van der Waals surface area (Å²) in [6.45, 7) is 5.61. The first-order valence-corrected chi connectivity index (χ1v) is 6.55. The molecule has 0 aromatic heterocycles. The van der Waals surface area contributed by atoms with Gasteiger partial charge < -0.3 is 14.6 Å². The fourth-order valence-corrected chi connectivity index (χ4v) is 2.79. The first-order valence-electron chi connectivity index (χ1n) is 6.55. The number of benzene rings is 1. The van der Waals surface area contributed by atoms with Crippen LogP contribution >= 0.6 is 0 Å². The van der Waals surface area contributed by atoms with Gasteiger partial charge in [0.2, 0.25) is 0 Å². The van der Waals surface area contributed by atoms with Crippen LogP contribution in [0.2, 0.25) is 0 Å². The fraction of sp³-hybridized carbons (Fsp3) is 0.571. The van der Waals surface area contributed by atoms with E-state index in [1.165, 1.54) is 5.56 Å². The maximum atomic E-state index is 9.47. The molecule has 1 fully saturated rings. The van der Waals surface area contributed by atoms with Crippen LogP contribution in [0.5, 0.6) is 11.5 Å². The normalized spacial score (nSPS) is 28.5. The highest BCUT2D eigenvalue weighted by molar-refractivity contribution is 5.44. The van der Waals surface area contributed by atoms with Crippen LogP contribution in [0, 0.1) is 0 Å². The highest BCUT2D eigenvalue weighted by atomic mass is 16.5. The molecule has 1 aromatic rings. The van der Waals surface area contributed by atoms with Crippen LogP contribution < -0.4 is 4.74 Å². The van der Waals surface area contributed by atoms with Crippen LogP contribution in [0.1, 0.15) is 24.9 Å². The molecule has 0 saturated carbocycles. The van der Waals surface area contributed by atoms with Gasteiger partial charge in [0.05, 0.1) is 12.1 Å². The van der Waals surface area contributed by atoms with Gasteiger partial charge in [0.25, 0.3) is 0 Å². The molecule has 18 heavy (non-hydrogen) atoms. The van der Waals surface area contributed by atoms with Crippen LogP contribution in [0.25, 0.3) is 0 Å². The maximum Gasteiger partial charge on any atom is 0.127 e. The monoisotopic (exact) mass is 249 g/mol. The summed E-state index contributed by atoms with van der Waals surface area (Å²) in [7, 11) is 0. The van der Waals surface area contributed by atoms with Crippen molar-refractivity contribution in [2.45, 2.75) is 25.5 Å². The van der Waals surface area contributed by atoms with Gasteiger partial charge in [0, 0.05) is 31.3 Å². The predicted octanol–water partition coefficient (Wildman–Crippen LogP) is 1.94. The lowest BCUT2D eigenvalue weighted by molar-refractivity contribution is 0.0581. The number of aromatic hydroxyl groups is 1. The summed E-state index contributed by atoms with van der Waals surface area (Å²) in [5.41, 5.74) is 1.18. The van der Waals surface area contributed by atoms with Crippen LogP contribution in [0.4, 0.5) is 0 Å². The molecule has 1 aromatic carbocycles. The zero-order chi connectivity index (χ0) is 12.5. The minimum absolute atomic E-state index is 0.266. The highest BCUT2D eigenvalue weighted by Gasteiger charge is 2.31. The van der Waals surface area contributed by atoms with Gasteiger partial charge in [0.15, 0.2) is 0 Å². The van der Waals surface area contributed by atoms with Gasteiger partial charge in [0.1, 0.15) is 18.1 Å². The van der Waals surface area contributed by atoms with E-state index in [0.29, 0.717) is 12.6 Å². The summed E-state index contributed by atoms with van der Waals surface area (Å²) in [5.74, 6) is 1.08. The van der Waals surface area contributed by atoms with Gasteiger partial charge in [-0.15, -0.1) is 0 Å². The molecule has 0 amide bonds. The van der Waals surface area contributed by atoms with Gasteiger partial charge in [-0.2, -0.15) is 0 Å². The smallest absolute Gasteiger partial charge is 0.127 e. The molecule has 2 aliphatic rings. The topological polar surface area (TPSA) is 41.9 Å². The van der Waals surface area contributed by atoms with Crippen LogP contribution in [0.15, 0.2) is 18.2 Å². The molecule has 0 bridgehead atoms. The number of fused-ring (bicyclic) bond motifs is 1. The third kappa shape index (κ3) is 2.18. The molecule has 2 atom stereocenters. The van der Waals surface area contributed by atoms with Crippen molar-refractivity contribution in [1.82, 2.24) is 4.90 Å². The second-order valence-corrected chi connectivity index (χ2v) is 5.08. The highest BCUT2D eigenvalue weighted by Crippen LogP contribution is 2.38. The molecule has 0 radical (unpaired) electrons. The molecule has 3 rings (SSSR count). The Morgan fingerprint density at radius 1 is 1.39 bits per heavy atom. The lowest BCUT2D eigenvalue weighted by Crippen LogP contribution is -2.34. The average molecular weight is 249 g/mol. The number of phenols is 1. The van der Waals surface area contributed by atoms with Crippen molar-refractivity contribution in [3.05, 3.63) is 23.8 Å². The lowest BCUT2D eigenvalue weighted by Gasteiger charge is -2.27. The summed E-state index contributed by atoms with van der Waals surface area (Å²) < 4.78 is 11.4. The van der Waals surface area contributed by atoms with Crippen LogP contribution in [0.3, 0.4) is 0 Å². The van der Waals surface area contributed by atoms with E-state index in [-0.39, 0.29) is 11.9 Å². The first-order chi connectivity index (χ1) is 8.74. The summed E-state index contributed by atoms with van der Waals surface area (Å²) in [4.78, 5) is 2.43. The minimum Gasteiger partial charge on any atom is -0.508 e. The molecule has 4 nitrogen and oxygen atoms in total. The number of nitrogens with zero attached hydrogens (tertiary/aromatic N) is 1. The van der Waals surface area contributed by atoms with Gasteiger partial charge in [-0.05, 0) is 25.5 Å². The first kappa shape index (κ1) is 11.8. The molecular weight excluding hydrogens is 230 g/mol. The van der Waals surface area contributed by atoms with E-state index in [4.69, 9.17) is 9.47 Å². The SMILES string of the molecule is CC1CN(C2COc3cc(O)ccc32)CCCO1. The Morgan fingerprint density at radius 3 is 3.17 bits per heavy atom. The second-order valence-electron chi connectivity index (χ2n) is 5.08. The number of hydrogen-bond donors (Lipinski definition) is 1. The largest absolute Gasteiger partial charge is 0.508 e. The molecule has 2 heterocycles. The van der Waals surface area contributed by atoms with Crippen molar-refractivity contribution in [3.8, 4) is 11.5 Å². The van der Waals surface area contributed by atoms with E-state index in [1.54, 1.807) is 12.1 Å². The molecule has 4 heteroatoms. The van der Waals surface area contributed by atoms with Gasteiger partial charge >= 0.3 is 0 Å². The zero-order valence-electron chi connectivity index (χ0n) is 10.6. The summed E-state index contributed by atoms with van der Waals surface area (Å²) in [6.07, 6.45) is 1.34. The van der Waals surface area contributed by atoms with Crippen LogP contribution in [-0.2, 0) is 4.74 Å². The van der Waals surface area contributed by atoms with E-state index >= 15 is 0 Å². The molecule has 0 aliphatic carbocycles. The third-order valence-corrected chi connectivity index (χ3v) is 3.68. The van der Waals surface area contributed by atoms with Crippen molar-refractivity contribution in [2.75, 3.05) is 26.3 Å². The van der Waals surface area contributed by atoms with E-state index in [1.807, 2.05) is 6.07 Å². The predicted molar refractivity (Wildman–Crippen MR) is 67.9 cm³/mol. The van der Waals surface area contributed by atoms with Crippen molar-refractivity contribution in [3.63, 3.8) is 0 Å². The molecule has 0 spiro atoms. The average Bonchev–Trinajstić information content (AvgIpc) is 2.63. The van der Waals surface area contributed by atoms with E-state index in [9.17, 15) is 5.11 Å². The molecule has 1 N–H and O–H groups in total. The van der Waals surface area contributed by atoms with E-state index < -0.39 is 0 Å². The Morgan fingerprint density at radius 2 is 2.28 bits per heavy atom. The standard InChI is InChI=1S/C14H19NO3/c1-10-8-15(5-2-6-17-10)13-9-18-14-7-11(16)3-4-12(13)14/h3-4,7,10,13,16H,2,5-6,8-9H2,1H3.